The Morgan fingerprint density at radius 1 is 1.42 bits per heavy atom. The smallest absolute Gasteiger partial charge is 0.147 e. The maximum Gasteiger partial charge on any atom is 0.147 e. The normalized spacial score (nSPS) is 22.7. The lowest BCUT2D eigenvalue weighted by molar-refractivity contribution is 0.566. The van der Waals surface area contributed by atoms with Crippen LogP contribution in [0.5, 0.6) is 0 Å². The van der Waals surface area contributed by atoms with E-state index in [-0.39, 0.29) is 6.04 Å². The van der Waals surface area contributed by atoms with Crippen LogP contribution in [0.25, 0.3) is 11.0 Å². The molecule has 2 atom stereocenters. The summed E-state index contributed by atoms with van der Waals surface area (Å²) in [4.78, 5) is 11.1. The molecule has 2 unspecified atom stereocenters. The summed E-state index contributed by atoms with van der Waals surface area (Å²) >= 11 is 0. The third-order valence-electron chi connectivity index (χ3n) is 3.67. The van der Waals surface area contributed by atoms with Gasteiger partial charge in [-0.15, -0.1) is 0 Å². The molecule has 96 valence electrons. The largest absolute Gasteiger partial charge is 0.353 e. The lowest BCUT2D eigenvalue weighted by Crippen LogP contribution is -2.28. The number of benzene rings is 1. The van der Waals surface area contributed by atoms with Gasteiger partial charge in [0.05, 0.1) is 17.3 Å². The summed E-state index contributed by atoms with van der Waals surface area (Å²) in [6.45, 7) is 3.85. The van der Waals surface area contributed by atoms with Crippen LogP contribution < -0.4 is 10.6 Å². The summed E-state index contributed by atoms with van der Waals surface area (Å²) in [7, 11) is 0. The number of aromatic nitrogens is 2. The molecule has 0 saturated carbocycles. The molecule has 2 heterocycles. The molecule has 1 fully saturated rings. The third kappa shape index (κ3) is 2.00. The van der Waals surface area contributed by atoms with E-state index in [0.717, 1.165) is 24.4 Å². The number of hydrogen-bond acceptors (Lipinski definition) is 5. The van der Waals surface area contributed by atoms with Crippen molar-refractivity contribution in [3.05, 3.63) is 30.0 Å². The van der Waals surface area contributed by atoms with Crippen LogP contribution >= 0.6 is 0 Å². The first-order valence-corrected chi connectivity index (χ1v) is 6.35. The molecule has 0 bridgehead atoms. The molecule has 5 nitrogen and oxygen atoms in total. The summed E-state index contributed by atoms with van der Waals surface area (Å²) < 4.78 is 0. The third-order valence-corrected chi connectivity index (χ3v) is 3.67. The van der Waals surface area contributed by atoms with Crippen molar-refractivity contribution in [1.82, 2.24) is 9.97 Å². The summed E-state index contributed by atoms with van der Waals surface area (Å²) in [5.41, 5.74) is 8.00. The summed E-state index contributed by atoms with van der Waals surface area (Å²) in [6.07, 6.45) is 1.73. The Bertz CT molecular complexity index is 650. The summed E-state index contributed by atoms with van der Waals surface area (Å²) in [6, 6.07) is 7.79. The maximum absolute atomic E-state index is 9.04. The summed E-state index contributed by atoms with van der Waals surface area (Å²) in [5.74, 6) is 1.30. The second kappa shape index (κ2) is 4.48. The van der Waals surface area contributed by atoms with Gasteiger partial charge in [0.15, 0.2) is 0 Å². The first-order valence-electron chi connectivity index (χ1n) is 6.35. The number of nitrogens with zero attached hydrogens (tertiary/aromatic N) is 4. The van der Waals surface area contributed by atoms with Crippen LogP contribution in [0.15, 0.2) is 24.4 Å². The van der Waals surface area contributed by atoms with E-state index in [1.807, 2.05) is 12.1 Å². The molecule has 5 heteroatoms. The van der Waals surface area contributed by atoms with Crippen molar-refractivity contribution in [3.8, 4) is 6.07 Å². The fraction of sp³-hybridized carbons (Fsp3) is 0.357. The highest BCUT2D eigenvalue weighted by Gasteiger charge is 2.27. The Balaban J connectivity index is 2.02. The minimum absolute atomic E-state index is 0.183. The molecular weight excluding hydrogens is 238 g/mol. The first kappa shape index (κ1) is 11.9. The topological polar surface area (TPSA) is 78.8 Å². The van der Waals surface area contributed by atoms with Crippen LogP contribution in [0.3, 0.4) is 0 Å². The van der Waals surface area contributed by atoms with Gasteiger partial charge in [0.2, 0.25) is 0 Å². The maximum atomic E-state index is 9.04. The second-order valence-corrected chi connectivity index (χ2v) is 5.06. The number of nitrogens with two attached hydrogens (primary N) is 1. The highest BCUT2D eigenvalue weighted by Crippen LogP contribution is 2.23. The molecule has 1 saturated heterocycles. The molecule has 2 aromatic rings. The molecule has 1 aliphatic heterocycles. The van der Waals surface area contributed by atoms with Crippen LogP contribution in [-0.4, -0.2) is 29.1 Å². The Kier molecular flexibility index (Phi) is 2.80. The van der Waals surface area contributed by atoms with E-state index in [4.69, 9.17) is 11.0 Å². The molecular formula is C14H15N5. The first-order chi connectivity index (χ1) is 9.19. The van der Waals surface area contributed by atoms with Crippen molar-refractivity contribution in [2.45, 2.75) is 13.0 Å². The number of hydrogen-bond donors (Lipinski definition) is 1. The minimum atomic E-state index is 0.183. The highest BCUT2D eigenvalue weighted by atomic mass is 15.2. The van der Waals surface area contributed by atoms with Gasteiger partial charge in [-0.1, -0.05) is 13.0 Å². The zero-order chi connectivity index (χ0) is 13.4. The molecule has 0 aliphatic carbocycles. The van der Waals surface area contributed by atoms with Crippen molar-refractivity contribution in [3.63, 3.8) is 0 Å². The van der Waals surface area contributed by atoms with E-state index in [0.29, 0.717) is 17.0 Å². The van der Waals surface area contributed by atoms with E-state index in [9.17, 15) is 0 Å². The van der Waals surface area contributed by atoms with E-state index < -0.39 is 0 Å². The quantitative estimate of drug-likeness (QED) is 0.828. The van der Waals surface area contributed by atoms with Crippen LogP contribution in [0.1, 0.15) is 12.5 Å². The minimum Gasteiger partial charge on any atom is -0.353 e. The molecule has 1 aromatic heterocycles. The second-order valence-electron chi connectivity index (χ2n) is 5.06. The number of rotatable bonds is 1. The lowest BCUT2D eigenvalue weighted by Gasteiger charge is -2.16. The SMILES string of the molecule is CC1CN(c2cnc3c(C#N)cccc3n2)CC1N. The van der Waals surface area contributed by atoms with Crippen molar-refractivity contribution in [2.75, 3.05) is 18.0 Å². The van der Waals surface area contributed by atoms with Gasteiger partial charge < -0.3 is 10.6 Å². The molecule has 2 N–H and O–H groups in total. The Morgan fingerprint density at radius 2 is 2.26 bits per heavy atom. The number of para-hydroxylation sites is 1. The highest BCUT2D eigenvalue weighted by molar-refractivity contribution is 5.81. The zero-order valence-corrected chi connectivity index (χ0v) is 10.7. The average molecular weight is 253 g/mol. The van der Waals surface area contributed by atoms with Crippen LogP contribution in [0.4, 0.5) is 5.82 Å². The van der Waals surface area contributed by atoms with E-state index in [2.05, 4.69) is 27.9 Å². The number of anilines is 1. The van der Waals surface area contributed by atoms with Gasteiger partial charge in [0, 0.05) is 19.1 Å². The van der Waals surface area contributed by atoms with Gasteiger partial charge in [-0.25, -0.2) is 9.97 Å². The fourth-order valence-electron chi connectivity index (χ4n) is 2.45. The fourth-order valence-corrected chi connectivity index (χ4v) is 2.45. The monoisotopic (exact) mass is 253 g/mol. The molecule has 0 spiro atoms. The Labute approximate surface area is 111 Å². The van der Waals surface area contributed by atoms with Crippen LogP contribution in [0, 0.1) is 17.2 Å². The van der Waals surface area contributed by atoms with Crippen molar-refractivity contribution in [2.24, 2.45) is 11.7 Å². The van der Waals surface area contributed by atoms with Gasteiger partial charge in [-0.2, -0.15) is 5.26 Å². The van der Waals surface area contributed by atoms with Crippen molar-refractivity contribution in [1.29, 1.82) is 5.26 Å². The van der Waals surface area contributed by atoms with Crippen molar-refractivity contribution >= 4 is 16.9 Å². The van der Waals surface area contributed by atoms with Gasteiger partial charge in [-0.3, -0.25) is 0 Å². The molecule has 3 rings (SSSR count). The Morgan fingerprint density at radius 3 is 2.95 bits per heavy atom. The van der Waals surface area contributed by atoms with E-state index in [1.54, 1.807) is 12.3 Å². The van der Waals surface area contributed by atoms with E-state index >= 15 is 0 Å². The van der Waals surface area contributed by atoms with E-state index in [1.165, 1.54) is 0 Å². The Hall–Kier alpha value is -2.19. The standard InChI is InChI=1S/C14H15N5/c1-9-7-19(8-11(9)16)13-6-17-14-10(5-15)3-2-4-12(14)18-13/h2-4,6,9,11H,7-8,16H2,1H3. The number of fused-ring (bicyclic) bond motifs is 1. The predicted octanol–water partition coefficient (Wildman–Crippen LogP) is 1.28. The molecule has 1 aliphatic rings. The molecule has 1 aromatic carbocycles. The average Bonchev–Trinajstić information content (AvgIpc) is 2.77. The molecule has 19 heavy (non-hydrogen) atoms. The molecule has 0 radical (unpaired) electrons. The van der Waals surface area contributed by atoms with Gasteiger partial charge in [0.25, 0.3) is 0 Å². The van der Waals surface area contributed by atoms with Crippen molar-refractivity contribution < 1.29 is 0 Å². The van der Waals surface area contributed by atoms with Crippen LogP contribution in [-0.2, 0) is 0 Å². The summed E-state index contributed by atoms with van der Waals surface area (Å²) in [5, 5.41) is 9.04. The lowest BCUT2D eigenvalue weighted by atomic mass is 10.1. The van der Waals surface area contributed by atoms with Gasteiger partial charge >= 0.3 is 0 Å². The van der Waals surface area contributed by atoms with Gasteiger partial charge in [-0.05, 0) is 18.1 Å². The molecule has 0 amide bonds. The van der Waals surface area contributed by atoms with Gasteiger partial charge in [0.1, 0.15) is 17.4 Å². The zero-order valence-electron chi connectivity index (χ0n) is 10.7. The van der Waals surface area contributed by atoms with Crippen LogP contribution in [0.2, 0.25) is 0 Å². The predicted molar refractivity (Wildman–Crippen MR) is 73.6 cm³/mol. The number of nitriles is 1.